The fourth-order valence-electron chi connectivity index (χ4n) is 1.62. The molecule has 74 valence electrons. The first kappa shape index (κ1) is 12.7. The molecule has 0 aliphatic heterocycles. The van der Waals surface area contributed by atoms with Gasteiger partial charge in [-0.1, -0.05) is 43.6 Å². The third-order valence-electron chi connectivity index (χ3n) is 2.58. The Morgan fingerprint density at radius 2 is 1.58 bits per heavy atom. The van der Waals surface area contributed by atoms with Crippen LogP contribution in [0.25, 0.3) is 0 Å². The van der Waals surface area contributed by atoms with Crippen molar-refractivity contribution in [1.82, 2.24) is 0 Å². The largest absolute Gasteiger partial charge is 0.416 e. The van der Waals surface area contributed by atoms with Gasteiger partial charge in [0.15, 0.2) is 0 Å². The Balaban J connectivity index is 4.51. The predicted molar refractivity (Wildman–Crippen MR) is 61.4 cm³/mol. The van der Waals surface area contributed by atoms with Gasteiger partial charge in [0.25, 0.3) is 0 Å². The first-order valence-electron chi connectivity index (χ1n) is 4.71. The molecule has 0 unspecified atom stereocenters. The summed E-state index contributed by atoms with van der Waals surface area (Å²) in [7, 11) is -1.51. The number of halogens is 1. The van der Waals surface area contributed by atoms with E-state index in [9.17, 15) is 0 Å². The number of alkyl halides is 1. The van der Waals surface area contributed by atoms with E-state index in [1.165, 1.54) is 0 Å². The highest BCUT2D eigenvalue weighted by Gasteiger charge is 2.40. The van der Waals surface area contributed by atoms with Gasteiger partial charge in [-0.3, -0.25) is 0 Å². The van der Waals surface area contributed by atoms with E-state index in [0.717, 1.165) is 11.6 Å². The van der Waals surface area contributed by atoms with Gasteiger partial charge in [0.05, 0.1) is 0 Å². The summed E-state index contributed by atoms with van der Waals surface area (Å²) in [5, 5.41) is 0. The van der Waals surface area contributed by atoms with Crippen molar-refractivity contribution < 1.29 is 4.43 Å². The molecule has 0 bridgehead atoms. The molecule has 0 saturated carbocycles. The van der Waals surface area contributed by atoms with Gasteiger partial charge in [-0.25, -0.2) is 0 Å². The number of hydrogen-bond acceptors (Lipinski definition) is 1. The predicted octanol–water partition coefficient (Wildman–Crippen LogP) is 3.72. The molecule has 0 saturated heterocycles. The van der Waals surface area contributed by atoms with E-state index < -0.39 is 8.32 Å². The maximum absolute atomic E-state index is 5.99. The zero-order valence-electron chi connectivity index (χ0n) is 8.86. The zero-order valence-corrected chi connectivity index (χ0v) is 11.4. The molecule has 0 atom stereocenters. The molecule has 0 amide bonds. The quantitative estimate of drug-likeness (QED) is 0.536. The van der Waals surface area contributed by atoms with Crippen molar-refractivity contribution >= 4 is 24.2 Å². The van der Waals surface area contributed by atoms with Crippen molar-refractivity contribution in [3.8, 4) is 0 Å². The van der Waals surface area contributed by atoms with Crippen LogP contribution in [0.2, 0.25) is 11.1 Å². The van der Waals surface area contributed by atoms with Crippen molar-refractivity contribution in [3.05, 3.63) is 0 Å². The molecule has 0 spiro atoms. The van der Waals surface area contributed by atoms with Crippen molar-refractivity contribution in [3.63, 3.8) is 0 Å². The van der Waals surface area contributed by atoms with E-state index in [4.69, 9.17) is 4.43 Å². The van der Waals surface area contributed by atoms with Crippen LogP contribution in [0.1, 0.15) is 34.6 Å². The van der Waals surface area contributed by atoms with Crippen LogP contribution in [-0.4, -0.2) is 19.9 Å². The van der Waals surface area contributed by atoms with Gasteiger partial charge in [-0.05, 0) is 18.0 Å². The van der Waals surface area contributed by atoms with Crippen LogP contribution in [0.3, 0.4) is 0 Å². The van der Waals surface area contributed by atoms with Crippen molar-refractivity contribution in [2.45, 2.75) is 45.7 Å². The van der Waals surface area contributed by atoms with Gasteiger partial charge in [-0.2, -0.15) is 0 Å². The Morgan fingerprint density at radius 3 is 1.67 bits per heavy atom. The van der Waals surface area contributed by atoms with E-state index in [1.807, 2.05) is 0 Å². The highest BCUT2D eigenvalue weighted by Crippen LogP contribution is 2.34. The van der Waals surface area contributed by atoms with E-state index in [-0.39, 0.29) is 0 Å². The maximum atomic E-state index is 5.99. The Kier molecular flexibility index (Phi) is 5.70. The van der Waals surface area contributed by atoms with E-state index >= 15 is 0 Å². The second-order valence-corrected chi connectivity index (χ2v) is 10.3. The minimum atomic E-state index is -1.51. The van der Waals surface area contributed by atoms with Crippen molar-refractivity contribution in [2.75, 3.05) is 11.6 Å². The Bertz CT molecular complexity index is 118. The molecule has 0 aromatic rings. The monoisotopic (exact) mass is 252 g/mol. The fourth-order valence-corrected chi connectivity index (χ4v) is 9.22. The lowest BCUT2D eigenvalue weighted by Crippen LogP contribution is -2.47. The van der Waals surface area contributed by atoms with Crippen LogP contribution in [0.5, 0.6) is 0 Å². The first-order valence-corrected chi connectivity index (χ1v) is 8.10. The molecule has 0 aromatic heterocycles. The minimum absolute atomic E-state index is 0.692. The Morgan fingerprint density at radius 1 is 1.17 bits per heavy atom. The summed E-state index contributed by atoms with van der Waals surface area (Å²) in [4.78, 5) is 1.06. The van der Waals surface area contributed by atoms with Gasteiger partial charge in [0.2, 0.25) is 8.32 Å². The van der Waals surface area contributed by atoms with Gasteiger partial charge in [-0.15, -0.1) is 0 Å². The van der Waals surface area contributed by atoms with Crippen LogP contribution in [0, 0.1) is 0 Å². The first-order chi connectivity index (χ1) is 5.51. The summed E-state index contributed by atoms with van der Waals surface area (Å²) < 4.78 is 5.99. The van der Waals surface area contributed by atoms with Crippen molar-refractivity contribution in [2.24, 2.45) is 0 Å². The van der Waals surface area contributed by atoms with Gasteiger partial charge >= 0.3 is 0 Å². The van der Waals surface area contributed by atoms with Crippen LogP contribution in [-0.2, 0) is 4.43 Å². The Labute approximate surface area is 86.1 Å². The smallest absolute Gasteiger partial charge is 0.208 e. The molecule has 0 heterocycles. The molecule has 1 nitrogen and oxygen atoms in total. The fraction of sp³-hybridized carbons (Fsp3) is 1.00. The van der Waals surface area contributed by atoms with Crippen LogP contribution in [0.15, 0.2) is 0 Å². The van der Waals surface area contributed by atoms with Crippen molar-refractivity contribution in [1.29, 1.82) is 0 Å². The molecule has 0 N–H and O–H groups in total. The third-order valence-corrected chi connectivity index (χ3v) is 10.4. The molecular weight excluding hydrogens is 232 g/mol. The summed E-state index contributed by atoms with van der Waals surface area (Å²) in [5.41, 5.74) is 1.38. The van der Waals surface area contributed by atoms with E-state index in [1.54, 1.807) is 0 Å². The summed E-state index contributed by atoms with van der Waals surface area (Å²) in [6, 6.07) is 0. The second-order valence-electron chi connectivity index (χ2n) is 3.83. The molecule has 0 radical (unpaired) electrons. The van der Waals surface area contributed by atoms with Gasteiger partial charge in [0.1, 0.15) is 0 Å². The summed E-state index contributed by atoms with van der Waals surface area (Å²) in [6.07, 6.45) is 0. The van der Waals surface area contributed by atoms with Gasteiger partial charge < -0.3 is 4.43 Å². The molecule has 0 fully saturated rings. The average Bonchev–Trinajstić information content (AvgIpc) is 1.98. The van der Waals surface area contributed by atoms with E-state index in [2.05, 4.69) is 50.5 Å². The number of hydrogen-bond donors (Lipinski definition) is 0. The Hall–Kier alpha value is 0.657. The van der Waals surface area contributed by atoms with E-state index in [0.29, 0.717) is 11.1 Å². The number of rotatable bonds is 5. The second kappa shape index (κ2) is 5.40. The molecule has 12 heavy (non-hydrogen) atoms. The zero-order chi connectivity index (χ0) is 9.78. The maximum Gasteiger partial charge on any atom is 0.208 e. The van der Waals surface area contributed by atoms with Crippen LogP contribution >= 0.6 is 15.9 Å². The summed E-state index contributed by atoms with van der Waals surface area (Å²) >= 11 is 3.61. The lowest BCUT2D eigenvalue weighted by molar-refractivity contribution is 0.309. The minimum Gasteiger partial charge on any atom is -0.416 e. The molecule has 0 aliphatic carbocycles. The summed E-state index contributed by atoms with van der Waals surface area (Å²) in [6.45, 7) is 12.1. The summed E-state index contributed by atoms with van der Waals surface area (Å²) in [5.74, 6) is 0. The highest BCUT2D eigenvalue weighted by molar-refractivity contribution is 9.09. The molecule has 0 aromatic carbocycles. The highest BCUT2D eigenvalue weighted by atomic mass is 79.9. The normalized spacial score (nSPS) is 13.0. The lowest BCUT2D eigenvalue weighted by atomic mass is 10.5. The standard InChI is InChI=1S/C9H21BrOSi/c1-6-11-12(7-10,8(2)3)9(4)5/h8-9H,6-7H2,1-5H3. The lowest BCUT2D eigenvalue weighted by Gasteiger charge is -2.36. The molecule has 0 aliphatic rings. The SMILES string of the molecule is CCO[Si](CBr)(C(C)C)C(C)C. The third kappa shape index (κ3) is 2.57. The average molecular weight is 253 g/mol. The van der Waals surface area contributed by atoms with Crippen LogP contribution < -0.4 is 0 Å². The molecule has 0 rings (SSSR count). The molecule has 3 heteroatoms. The van der Waals surface area contributed by atoms with Crippen LogP contribution in [0.4, 0.5) is 0 Å². The topological polar surface area (TPSA) is 9.23 Å². The van der Waals surface area contributed by atoms with Gasteiger partial charge in [0, 0.05) is 11.6 Å². The molecular formula is C9H21BrOSi.